The van der Waals surface area contributed by atoms with E-state index in [1.807, 2.05) is 12.1 Å². The van der Waals surface area contributed by atoms with Crippen LogP contribution in [-0.4, -0.2) is 37.0 Å². The van der Waals surface area contributed by atoms with Gasteiger partial charge < -0.3 is 5.11 Å². The van der Waals surface area contributed by atoms with Crippen molar-refractivity contribution in [3.05, 3.63) is 29.3 Å². The lowest BCUT2D eigenvalue weighted by atomic mass is 9.92. The largest absolute Gasteiger partial charge is 0.395 e. The first-order chi connectivity index (χ1) is 9.63. The van der Waals surface area contributed by atoms with Crippen LogP contribution in [0.1, 0.15) is 36.8 Å². The zero-order chi connectivity index (χ0) is 14.2. The van der Waals surface area contributed by atoms with Crippen LogP contribution in [0, 0.1) is 0 Å². The lowest BCUT2D eigenvalue weighted by Crippen LogP contribution is -2.37. The maximum atomic E-state index is 12.7. The van der Waals surface area contributed by atoms with Gasteiger partial charge in [0.15, 0.2) is 0 Å². The lowest BCUT2D eigenvalue weighted by Gasteiger charge is -2.24. The average molecular weight is 295 g/mol. The van der Waals surface area contributed by atoms with E-state index in [0.29, 0.717) is 11.4 Å². The highest BCUT2D eigenvalue weighted by atomic mass is 32.2. The SMILES string of the molecule is O=S(=O)(c1ccc2c(c1)CCCC2)N1CCC[C@H]1CO. The number of hydrogen-bond acceptors (Lipinski definition) is 3. The van der Waals surface area contributed by atoms with E-state index in [1.54, 1.807) is 6.07 Å². The fraction of sp³-hybridized carbons (Fsp3) is 0.600. The second kappa shape index (κ2) is 5.47. The van der Waals surface area contributed by atoms with Crippen molar-refractivity contribution in [1.29, 1.82) is 0 Å². The number of aliphatic hydroxyl groups is 1. The van der Waals surface area contributed by atoms with Gasteiger partial charge >= 0.3 is 0 Å². The highest BCUT2D eigenvalue weighted by Crippen LogP contribution is 2.29. The molecule has 1 atom stereocenters. The Morgan fingerprint density at radius 1 is 1.15 bits per heavy atom. The Kier molecular flexibility index (Phi) is 3.84. The van der Waals surface area contributed by atoms with Gasteiger partial charge in [-0.05, 0) is 61.8 Å². The molecule has 110 valence electrons. The van der Waals surface area contributed by atoms with E-state index in [1.165, 1.54) is 21.9 Å². The van der Waals surface area contributed by atoms with E-state index in [-0.39, 0.29) is 12.6 Å². The molecule has 20 heavy (non-hydrogen) atoms. The third-order valence-electron chi connectivity index (χ3n) is 4.46. The molecule has 3 rings (SSSR count). The molecule has 1 heterocycles. The monoisotopic (exact) mass is 295 g/mol. The summed E-state index contributed by atoms with van der Waals surface area (Å²) in [4.78, 5) is 0.387. The number of aliphatic hydroxyl groups excluding tert-OH is 1. The first kappa shape index (κ1) is 14.0. The summed E-state index contributed by atoms with van der Waals surface area (Å²) in [6.07, 6.45) is 5.94. The van der Waals surface area contributed by atoms with Gasteiger partial charge in [0.05, 0.1) is 11.5 Å². The van der Waals surface area contributed by atoms with E-state index in [4.69, 9.17) is 0 Å². The molecule has 0 bridgehead atoms. The quantitative estimate of drug-likeness (QED) is 0.923. The molecular formula is C15H21NO3S. The van der Waals surface area contributed by atoms with Gasteiger partial charge in [0.1, 0.15) is 0 Å². The molecule has 1 aliphatic carbocycles. The van der Waals surface area contributed by atoms with E-state index in [2.05, 4.69) is 0 Å². The van der Waals surface area contributed by atoms with Crippen LogP contribution >= 0.6 is 0 Å². The number of rotatable bonds is 3. The normalized spacial score (nSPS) is 23.8. The van der Waals surface area contributed by atoms with Crippen molar-refractivity contribution in [2.24, 2.45) is 0 Å². The molecule has 1 fully saturated rings. The molecule has 1 aliphatic heterocycles. The Bertz CT molecular complexity index is 597. The van der Waals surface area contributed by atoms with Crippen LogP contribution in [0.5, 0.6) is 0 Å². The number of aryl methyl sites for hydroxylation is 2. The van der Waals surface area contributed by atoms with Gasteiger partial charge in [-0.1, -0.05) is 6.07 Å². The van der Waals surface area contributed by atoms with Crippen LogP contribution in [-0.2, 0) is 22.9 Å². The number of fused-ring (bicyclic) bond motifs is 1. The summed E-state index contributed by atoms with van der Waals surface area (Å²) in [5.41, 5.74) is 2.47. The van der Waals surface area contributed by atoms with Crippen LogP contribution in [0.4, 0.5) is 0 Å². The van der Waals surface area contributed by atoms with Crippen molar-refractivity contribution >= 4 is 10.0 Å². The molecular weight excluding hydrogens is 274 g/mol. The van der Waals surface area contributed by atoms with Crippen LogP contribution < -0.4 is 0 Å². The molecule has 1 N–H and O–H groups in total. The highest BCUT2D eigenvalue weighted by molar-refractivity contribution is 7.89. The van der Waals surface area contributed by atoms with Crippen LogP contribution in [0.3, 0.4) is 0 Å². The minimum absolute atomic E-state index is 0.0931. The predicted octanol–water partition coefficient (Wildman–Crippen LogP) is 1.71. The Morgan fingerprint density at radius 2 is 1.90 bits per heavy atom. The summed E-state index contributed by atoms with van der Waals surface area (Å²) in [5.74, 6) is 0. The number of nitrogens with zero attached hydrogens (tertiary/aromatic N) is 1. The van der Waals surface area contributed by atoms with Gasteiger partial charge in [0, 0.05) is 12.6 Å². The lowest BCUT2D eigenvalue weighted by molar-refractivity contribution is 0.213. The maximum Gasteiger partial charge on any atom is 0.243 e. The zero-order valence-electron chi connectivity index (χ0n) is 11.6. The van der Waals surface area contributed by atoms with E-state index >= 15 is 0 Å². The van der Waals surface area contributed by atoms with Gasteiger partial charge in [0.25, 0.3) is 0 Å². The molecule has 2 aliphatic rings. The van der Waals surface area contributed by atoms with Gasteiger partial charge in [-0.2, -0.15) is 4.31 Å². The second-order valence-electron chi connectivity index (χ2n) is 5.73. The minimum atomic E-state index is -3.46. The van der Waals surface area contributed by atoms with Gasteiger partial charge in [-0.3, -0.25) is 0 Å². The first-order valence-corrected chi connectivity index (χ1v) is 8.81. The summed E-state index contributed by atoms with van der Waals surface area (Å²) in [6.45, 7) is 0.425. The Labute approximate surface area is 120 Å². The van der Waals surface area contributed by atoms with Crippen molar-refractivity contribution in [2.45, 2.75) is 49.5 Å². The molecule has 0 aromatic heterocycles. The zero-order valence-corrected chi connectivity index (χ0v) is 12.4. The summed E-state index contributed by atoms with van der Waals surface area (Å²) >= 11 is 0. The van der Waals surface area contributed by atoms with Crippen molar-refractivity contribution in [3.8, 4) is 0 Å². The molecule has 1 aromatic rings. The van der Waals surface area contributed by atoms with E-state index in [0.717, 1.165) is 32.1 Å². The minimum Gasteiger partial charge on any atom is -0.395 e. The smallest absolute Gasteiger partial charge is 0.243 e. The molecule has 5 heteroatoms. The summed E-state index contributed by atoms with van der Waals surface area (Å²) in [6, 6.07) is 5.28. The topological polar surface area (TPSA) is 57.6 Å². The van der Waals surface area contributed by atoms with Gasteiger partial charge in [-0.25, -0.2) is 8.42 Å². The number of benzene rings is 1. The van der Waals surface area contributed by atoms with Crippen molar-refractivity contribution in [3.63, 3.8) is 0 Å². The second-order valence-corrected chi connectivity index (χ2v) is 7.62. The fourth-order valence-corrected chi connectivity index (χ4v) is 5.05. The maximum absolute atomic E-state index is 12.7. The van der Waals surface area contributed by atoms with Crippen molar-refractivity contribution in [1.82, 2.24) is 4.31 Å². The van der Waals surface area contributed by atoms with Crippen LogP contribution in [0.25, 0.3) is 0 Å². The Balaban J connectivity index is 1.95. The molecule has 4 nitrogen and oxygen atoms in total. The van der Waals surface area contributed by atoms with Crippen LogP contribution in [0.2, 0.25) is 0 Å². The van der Waals surface area contributed by atoms with Crippen LogP contribution in [0.15, 0.2) is 23.1 Å². The van der Waals surface area contributed by atoms with Gasteiger partial charge in [-0.15, -0.1) is 0 Å². The summed E-state index contributed by atoms with van der Waals surface area (Å²) < 4.78 is 26.9. The predicted molar refractivity (Wildman–Crippen MR) is 77.1 cm³/mol. The van der Waals surface area contributed by atoms with Crippen molar-refractivity contribution < 1.29 is 13.5 Å². The summed E-state index contributed by atoms with van der Waals surface area (Å²) in [7, 11) is -3.46. The highest BCUT2D eigenvalue weighted by Gasteiger charge is 2.35. The standard InChI is InChI=1S/C15H21NO3S/c17-11-14-6-3-9-16(14)20(18,19)15-8-7-12-4-1-2-5-13(12)10-15/h7-8,10,14,17H,1-6,9,11H2/t14-/m0/s1. The number of hydrogen-bond donors (Lipinski definition) is 1. The van der Waals surface area contributed by atoms with E-state index < -0.39 is 10.0 Å². The molecule has 1 saturated heterocycles. The number of sulfonamides is 1. The molecule has 0 spiro atoms. The molecule has 1 aromatic carbocycles. The van der Waals surface area contributed by atoms with E-state index in [9.17, 15) is 13.5 Å². The molecule has 0 saturated carbocycles. The third kappa shape index (κ3) is 2.38. The fourth-order valence-electron chi connectivity index (χ4n) is 3.31. The Morgan fingerprint density at radius 3 is 2.65 bits per heavy atom. The Hall–Kier alpha value is -0.910. The average Bonchev–Trinajstić information content (AvgIpc) is 2.96. The molecule has 0 radical (unpaired) electrons. The molecule has 0 amide bonds. The third-order valence-corrected chi connectivity index (χ3v) is 6.41. The summed E-state index contributed by atoms with van der Waals surface area (Å²) in [5, 5.41) is 9.33. The molecule has 0 unspecified atom stereocenters. The van der Waals surface area contributed by atoms with Gasteiger partial charge in [0.2, 0.25) is 10.0 Å². The first-order valence-electron chi connectivity index (χ1n) is 7.37. The van der Waals surface area contributed by atoms with Crippen molar-refractivity contribution in [2.75, 3.05) is 13.2 Å².